The van der Waals surface area contributed by atoms with E-state index in [2.05, 4.69) is 26.1 Å². The Morgan fingerprint density at radius 2 is 1.68 bits per heavy atom. The molecule has 0 aliphatic carbocycles. The first-order valence-corrected chi connectivity index (χ1v) is 6.99. The number of rotatable bonds is 3. The van der Waals surface area contributed by atoms with Gasteiger partial charge in [0.05, 0.1) is 5.54 Å². The van der Waals surface area contributed by atoms with Crippen LogP contribution in [0.25, 0.3) is 11.3 Å². The van der Waals surface area contributed by atoms with Gasteiger partial charge in [-0.25, -0.2) is 0 Å². The van der Waals surface area contributed by atoms with Crippen molar-refractivity contribution in [3.63, 3.8) is 0 Å². The van der Waals surface area contributed by atoms with Crippen LogP contribution in [0.5, 0.6) is 0 Å². The SMILES string of the molecule is CC(C)(C)[NH2+]Cc1ccc(-c2cc(Cl)cc(Cl)c2)o1. The number of quaternary nitrogens is 1. The van der Waals surface area contributed by atoms with Crippen molar-refractivity contribution in [2.45, 2.75) is 32.9 Å². The van der Waals surface area contributed by atoms with E-state index in [-0.39, 0.29) is 5.54 Å². The molecule has 2 aromatic rings. The third kappa shape index (κ3) is 4.27. The van der Waals surface area contributed by atoms with E-state index in [9.17, 15) is 0 Å². The normalized spacial score (nSPS) is 11.8. The molecule has 1 aromatic carbocycles. The van der Waals surface area contributed by atoms with E-state index in [4.69, 9.17) is 27.6 Å². The lowest BCUT2D eigenvalue weighted by atomic mass is 10.1. The van der Waals surface area contributed by atoms with Gasteiger partial charge in [-0.2, -0.15) is 0 Å². The van der Waals surface area contributed by atoms with E-state index >= 15 is 0 Å². The van der Waals surface area contributed by atoms with Gasteiger partial charge in [0, 0.05) is 15.6 Å². The maximum atomic E-state index is 6.00. The van der Waals surface area contributed by atoms with Crippen molar-refractivity contribution in [2.24, 2.45) is 0 Å². The topological polar surface area (TPSA) is 29.8 Å². The average molecular weight is 299 g/mol. The summed E-state index contributed by atoms with van der Waals surface area (Å²) < 4.78 is 5.83. The number of benzene rings is 1. The van der Waals surface area contributed by atoms with E-state index < -0.39 is 0 Å². The van der Waals surface area contributed by atoms with Gasteiger partial charge in [-0.1, -0.05) is 23.2 Å². The molecular formula is C15H18Cl2NO+. The molecule has 2 N–H and O–H groups in total. The summed E-state index contributed by atoms with van der Waals surface area (Å²) in [5.74, 6) is 1.74. The van der Waals surface area contributed by atoms with Crippen LogP contribution < -0.4 is 5.32 Å². The highest BCUT2D eigenvalue weighted by molar-refractivity contribution is 6.35. The van der Waals surface area contributed by atoms with Crippen molar-refractivity contribution in [1.82, 2.24) is 0 Å². The summed E-state index contributed by atoms with van der Waals surface area (Å²) in [4.78, 5) is 0. The van der Waals surface area contributed by atoms with Crippen LogP contribution in [0.4, 0.5) is 0 Å². The molecule has 0 spiro atoms. The fourth-order valence-corrected chi connectivity index (χ4v) is 2.27. The molecule has 0 radical (unpaired) electrons. The quantitative estimate of drug-likeness (QED) is 0.908. The molecule has 0 amide bonds. The fraction of sp³-hybridized carbons (Fsp3) is 0.333. The molecule has 0 aliphatic heterocycles. The monoisotopic (exact) mass is 298 g/mol. The molecule has 0 atom stereocenters. The molecule has 0 unspecified atom stereocenters. The molecule has 102 valence electrons. The van der Waals surface area contributed by atoms with Crippen LogP contribution in [-0.2, 0) is 6.54 Å². The first-order valence-electron chi connectivity index (χ1n) is 6.23. The van der Waals surface area contributed by atoms with Gasteiger partial charge >= 0.3 is 0 Å². The van der Waals surface area contributed by atoms with Crippen LogP contribution in [0.3, 0.4) is 0 Å². The van der Waals surface area contributed by atoms with Gasteiger partial charge in [0.25, 0.3) is 0 Å². The molecule has 2 nitrogen and oxygen atoms in total. The third-order valence-corrected chi connectivity index (χ3v) is 3.16. The van der Waals surface area contributed by atoms with Crippen LogP contribution in [0, 0.1) is 0 Å². The minimum atomic E-state index is 0.187. The van der Waals surface area contributed by atoms with E-state index in [1.165, 1.54) is 0 Å². The largest absolute Gasteiger partial charge is 0.455 e. The van der Waals surface area contributed by atoms with Crippen LogP contribution in [0.2, 0.25) is 10.0 Å². The smallest absolute Gasteiger partial charge is 0.158 e. The maximum Gasteiger partial charge on any atom is 0.158 e. The first kappa shape index (κ1) is 14.4. The lowest BCUT2D eigenvalue weighted by Gasteiger charge is -2.15. The predicted molar refractivity (Wildman–Crippen MR) is 79.5 cm³/mol. The van der Waals surface area contributed by atoms with Crippen LogP contribution in [0.15, 0.2) is 34.7 Å². The van der Waals surface area contributed by atoms with Crippen molar-refractivity contribution in [3.05, 3.63) is 46.1 Å². The number of hydrogen-bond acceptors (Lipinski definition) is 1. The summed E-state index contributed by atoms with van der Waals surface area (Å²) in [5, 5.41) is 3.46. The average Bonchev–Trinajstić information content (AvgIpc) is 2.72. The molecule has 0 aliphatic rings. The Kier molecular flexibility index (Phi) is 4.24. The van der Waals surface area contributed by atoms with Gasteiger partial charge in [-0.3, -0.25) is 0 Å². The second-order valence-corrected chi connectivity index (χ2v) is 6.57. The zero-order valence-electron chi connectivity index (χ0n) is 11.3. The van der Waals surface area contributed by atoms with Crippen molar-refractivity contribution in [2.75, 3.05) is 0 Å². The molecule has 19 heavy (non-hydrogen) atoms. The van der Waals surface area contributed by atoms with Crippen molar-refractivity contribution in [3.8, 4) is 11.3 Å². The van der Waals surface area contributed by atoms with Crippen LogP contribution in [-0.4, -0.2) is 5.54 Å². The highest BCUT2D eigenvalue weighted by atomic mass is 35.5. The van der Waals surface area contributed by atoms with Gasteiger partial charge in [-0.05, 0) is 51.1 Å². The predicted octanol–water partition coefficient (Wildman–Crippen LogP) is 4.12. The Hall–Kier alpha value is -0.960. The van der Waals surface area contributed by atoms with Crippen molar-refractivity contribution >= 4 is 23.2 Å². The van der Waals surface area contributed by atoms with E-state index in [1.54, 1.807) is 6.07 Å². The van der Waals surface area contributed by atoms with Crippen molar-refractivity contribution in [1.29, 1.82) is 0 Å². The molecule has 2 rings (SSSR count). The number of nitrogens with two attached hydrogens (primary N) is 1. The van der Waals surface area contributed by atoms with E-state index in [0.717, 1.165) is 23.6 Å². The third-order valence-electron chi connectivity index (χ3n) is 2.72. The molecule has 0 saturated carbocycles. The van der Waals surface area contributed by atoms with E-state index in [1.807, 2.05) is 24.3 Å². The molecule has 0 saturated heterocycles. The van der Waals surface area contributed by atoms with Gasteiger partial charge in [0.2, 0.25) is 0 Å². The summed E-state index contributed by atoms with van der Waals surface area (Å²) >= 11 is 12.0. The summed E-state index contributed by atoms with van der Waals surface area (Å²) in [5.41, 5.74) is 1.09. The fourth-order valence-electron chi connectivity index (χ4n) is 1.75. The highest BCUT2D eigenvalue weighted by Crippen LogP contribution is 2.28. The van der Waals surface area contributed by atoms with Gasteiger partial charge in [0.1, 0.15) is 12.3 Å². The Labute approximate surface area is 123 Å². The standard InChI is InChI=1S/C15H17Cl2NO/c1-15(2,3)18-9-13-4-5-14(19-13)10-6-11(16)8-12(17)7-10/h4-8,18H,9H2,1-3H3/p+1. The minimum Gasteiger partial charge on any atom is -0.455 e. The molecule has 0 fully saturated rings. The lowest BCUT2D eigenvalue weighted by Crippen LogP contribution is -2.92. The Morgan fingerprint density at radius 1 is 1.05 bits per heavy atom. The van der Waals surface area contributed by atoms with Gasteiger partial charge in [-0.15, -0.1) is 0 Å². The molecule has 0 bridgehead atoms. The maximum absolute atomic E-state index is 6.00. The second-order valence-electron chi connectivity index (χ2n) is 5.70. The summed E-state index contributed by atoms with van der Waals surface area (Å²) in [6.45, 7) is 7.34. The zero-order chi connectivity index (χ0) is 14.0. The Balaban J connectivity index is 2.16. The number of halogens is 2. The van der Waals surface area contributed by atoms with E-state index in [0.29, 0.717) is 10.0 Å². The Bertz CT molecular complexity index is 550. The summed E-state index contributed by atoms with van der Waals surface area (Å²) in [6.07, 6.45) is 0. The highest BCUT2D eigenvalue weighted by Gasteiger charge is 2.15. The first-order chi connectivity index (χ1) is 8.83. The minimum absolute atomic E-state index is 0.187. The van der Waals surface area contributed by atoms with Gasteiger partial charge in [0.15, 0.2) is 5.76 Å². The van der Waals surface area contributed by atoms with Crippen molar-refractivity contribution < 1.29 is 9.73 Å². The molecular weight excluding hydrogens is 281 g/mol. The molecule has 1 aromatic heterocycles. The summed E-state index contributed by atoms with van der Waals surface area (Å²) in [7, 11) is 0. The number of hydrogen-bond donors (Lipinski definition) is 1. The lowest BCUT2D eigenvalue weighted by molar-refractivity contribution is -0.732. The van der Waals surface area contributed by atoms with Gasteiger partial charge < -0.3 is 9.73 Å². The number of furan rings is 1. The summed E-state index contributed by atoms with van der Waals surface area (Å²) in [6, 6.07) is 9.36. The van der Waals surface area contributed by atoms with Crippen LogP contribution in [0.1, 0.15) is 26.5 Å². The zero-order valence-corrected chi connectivity index (χ0v) is 12.8. The Morgan fingerprint density at radius 3 is 2.26 bits per heavy atom. The molecule has 1 heterocycles. The van der Waals surface area contributed by atoms with Crippen LogP contribution >= 0.6 is 23.2 Å². The second kappa shape index (κ2) is 5.58. The molecule has 4 heteroatoms.